The Bertz CT molecular complexity index is 1110. The van der Waals surface area contributed by atoms with Gasteiger partial charge in [-0.3, -0.25) is 4.72 Å². The first-order valence-electron chi connectivity index (χ1n) is 7.94. The van der Waals surface area contributed by atoms with E-state index >= 15 is 0 Å². The zero-order valence-electron chi connectivity index (χ0n) is 13.9. The molecule has 3 aromatic rings. The SMILES string of the molecule is N#CC(c1ccccc1)c1ccc(NS(=O)(=O)c2ccccc2Br)cc1Cl. The van der Waals surface area contributed by atoms with Crippen LogP contribution in [0.4, 0.5) is 5.69 Å². The van der Waals surface area contributed by atoms with Crippen molar-refractivity contribution in [3.8, 4) is 6.07 Å². The lowest BCUT2D eigenvalue weighted by Crippen LogP contribution is -2.13. The van der Waals surface area contributed by atoms with Crippen molar-refractivity contribution in [1.82, 2.24) is 0 Å². The first-order valence-corrected chi connectivity index (χ1v) is 10.6. The van der Waals surface area contributed by atoms with Gasteiger partial charge in [0.05, 0.1) is 17.7 Å². The Hall–Kier alpha value is -2.33. The zero-order valence-corrected chi connectivity index (χ0v) is 17.1. The molecule has 0 aliphatic heterocycles. The molecule has 1 N–H and O–H groups in total. The molecule has 27 heavy (non-hydrogen) atoms. The van der Waals surface area contributed by atoms with E-state index in [4.69, 9.17) is 11.6 Å². The molecule has 0 aromatic heterocycles. The third kappa shape index (κ3) is 4.33. The molecule has 1 atom stereocenters. The molecule has 0 fully saturated rings. The summed E-state index contributed by atoms with van der Waals surface area (Å²) in [4.78, 5) is 0.129. The fraction of sp³-hybridized carbons (Fsp3) is 0.0500. The second-order valence-corrected chi connectivity index (χ2v) is 8.66. The van der Waals surface area contributed by atoms with Crippen molar-refractivity contribution < 1.29 is 8.42 Å². The summed E-state index contributed by atoms with van der Waals surface area (Å²) < 4.78 is 28.2. The molecule has 136 valence electrons. The summed E-state index contributed by atoms with van der Waals surface area (Å²) >= 11 is 9.61. The lowest BCUT2D eigenvalue weighted by atomic mass is 9.92. The first-order chi connectivity index (χ1) is 12.9. The van der Waals surface area contributed by atoms with Crippen LogP contribution in [-0.2, 0) is 10.0 Å². The van der Waals surface area contributed by atoms with Crippen LogP contribution in [0.1, 0.15) is 17.0 Å². The van der Waals surface area contributed by atoms with E-state index in [1.165, 1.54) is 12.1 Å². The van der Waals surface area contributed by atoms with E-state index in [9.17, 15) is 13.7 Å². The number of nitrogens with zero attached hydrogens (tertiary/aromatic N) is 1. The molecule has 0 spiro atoms. The highest BCUT2D eigenvalue weighted by molar-refractivity contribution is 9.10. The van der Waals surface area contributed by atoms with Gasteiger partial charge in [-0.15, -0.1) is 0 Å². The third-order valence-corrected chi connectivity index (χ3v) is 6.67. The van der Waals surface area contributed by atoms with Gasteiger partial charge in [-0.25, -0.2) is 8.42 Å². The van der Waals surface area contributed by atoms with E-state index in [2.05, 4.69) is 26.7 Å². The number of rotatable bonds is 5. The molecule has 0 saturated carbocycles. The van der Waals surface area contributed by atoms with Crippen molar-refractivity contribution in [2.75, 3.05) is 4.72 Å². The van der Waals surface area contributed by atoms with Gasteiger partial charge in [0.2, 0.25) is 0 Å². The van der Waals surface area contributed by atoms with E-state index in [0.717, 1.165) is 5.56 Å². The Morgan fingerprint density at radius 2 is 1.67 bits per heavy atom. The first kappa shape index (κ1) is 19.4. The Labute approximate surface area is 171 Å². The van der Waals surface area contributed by atoms with Gasteiger partial charge in [0, 0.05) is 9.50 Å². The summed E-state index contributed by atoms with van der Waals surface area (Å²) in [5.41, 5.74) is 1.77. The van der Waals surface area contributed by atoms with Crippen LogP contribution in [0.2, 0.25) is 5.02 Å². The summed E-state index contributed by atoms with van der Waals surface area (Å²) in [7, 11) is -3.77. The van der Waals surface area contributed by atoms with Crippen LogP contribution in [0.3, 0.4) is 0 Å². The molecule has 0 amide bonds. The average molecular weight is 462 g/mol. The van der Waals surface area contributed by atoms with Gasteiger partial charge in [0.15, 0.2) is 0 Å². The summed E-state index contributed by atoms with van der Waals surface area (Å²) in [5, 5.41) is 9.88. The van der Waals surface area contributed by atoms with Crippen LogP contribution >= 0.6 is 27.5 Å². The molecule has 0 aliphatic carbocycles. The number of nitrogens with one attached hydrogen (secondary N) is 1. The molecule has 3 aromatic carbocycles. The number of anilines is 1. The molecular formula is C20H14BrClN2O2S. The fourth-order valence-electron chi connectivity index (χ4n) is 2.67. The lowest BCUT2D eigenvalue weighted by molar-refractivity contribution is 0.601. The van der Waals surface area contributed by atoms with Crippen LogP contribution < -0.4 is 4.72 Å². The standard InChI is InChI=1S/C20H14BrClN2O2S/c21-18-8-4-5-9-20(18)27(25,26)24-15-10-11-16(19(22)12-15)17(13-23)14-6-2-1-3-7-14/h1-12,17,24H. The Balaban J connectivity index is 1.92. The third-order valence-electron chi connectivity index (χ3n) is 3.95. The summed E-state index contributed by atoms with van der Waals surface area (Å²) in [6.07, 6.45) is 0. The van der Waals surface area contributed by atoms with Crippen LogP contribution in [0.15, 0.2) is 82.2 Å². The van der Waals surface area contributed by atoms with Gasteiger partial charge in [-0.2, -0.15) is 5.26 Å². The summed E-state index contributed by atoms with van der Waals surface area (Å²) in [6, 6.07) is 22.9. The van der Waals surface area contributed by atoms with Crippen LogP contribution in [0.25, 0.3) is 0 Å². The summed E-state index contributed by atoms with van der Waals surface area (Å²) in [6.45, 7) is 0. The van der Waals surface area contributed by atoms with E-state index in [1.807, 2.05) is 30.3 Å². The molecule has 0 radical (unpaired) electrons. The van der Waals surface area contributed by atoms with E-state index in [0.29, 0.717) is 20.7 Å². The predicted octanol–water partition coefficient (Wildman–Crippen LogP) is 5.56. The Kier molecular flexibility index (Phi) is 5.85. The molecule has 4 nitrogen and oxygen atoms in total. The summed E-state index contributed by atoms with van der Waals surface area (Å²) in [5.74, 6) is -0.535. The monoisotopic (exact) mass is 460 g/mol. The molecule has 3 rings (SSSR count). The predicted molar refractivity (Wildman–Crippen MR) is 110 cm³/mol. The van der Waals surface area contributed by atoms with Gasteiger partial charge in [-0.05, 0) is 51.3 Å². The van der Waals surface area contributed by atoms with Gasteiger partial charge in [0.1, 0.15) is 4.90 Å². The number of sulfonamides is 1. The van der Waals surface area contributed by atoms with Crippen molar-refractivity contribution in [2.45, 2.75) is 10.8 Å². The molecule has 1 unspecified atom stereocenters. The Morgan fingerprint density at radius 1 is 1.00 bits per heavy atom. The van der Waals surface area contributed by atoms with Gasteiger partial charge in [-0.1, -0.05) is 60.1 Å². The van der Waals surface area contributed by atoms with E-state index < -0.39 is 15.9 Å². The highest BCUT2D eigenvalue weighted by Gasteiger charge is 2.20. The lowest BCUT2D eigenvalue weighted by Gasteiger charge is -2.14. The van der Waals surface area contributed by atoms with Gasteiger partial charge in [0.25, 0.3) is 10.0 Å². The van der Waals surface area contributed by atoms with Crippen LogP contribution in [0, 0.1) is 11.3 Å². The molecule has 0 heterocycles. The molecule has 7 heteroatoms. The molecule has 0 aliphatic rings. The average Bonchev–Trinajstić information content (AvgIpc) is 2.65. The van der Waals surface area contributed by atoms with E-state index in [1.54, 1.807) is 30.3 Å². The minimum Gasteiger partial charge on any atom is -0.280 e. The second-order valence-electron chi connectivity index (χ2n) is 5.75. The zero-order chi connectivity index (χ0) is 19.4. The number of nitriles is 1. The topological polar surface area (TPSA) is 70.0 Å². The van der Waals surface area contributed by atoms with Crippen molar-refractivity contribution in [3.05, 3.63) is 93.4 Å². The number of benzene rings is 3. The normalized spacial score (nSPS) is 12.2. The Morgan fingerprint density at radius 3 is 2.30 bits per heavy atom. The smallest absolute Gasteiger partial charge is 0.263 e. The minimum absolute atomic E-state index is 0.129. The molecule has 0 bridgehead atoms. The van der Waals surface area contributed by atoms with Crippen molar-refractivity contribution in [2.24, 2.45) is 0 Å². The molecule has 0 saturated heterocycles. The highest BCUT2D eigenvalue weighted by atomic mass is 79.9. The van der Waals surface area contributed by atoms with E-state index in [-0.39, 0.29) is 4.90 Å². The van der Waals surface area contributed by atoms with Gasteiger partial charge >= 0.3 is 0 Å². The highest BCUT2D eigenvalue weighted by Crippen LogP contribution is 2.32. The number of hydrogen-bond acceptors (Lipinski definition) is 3. The van der Waals surface area contributed by atoms with Crippen molar-refractivity contribution >= 4 is 43.2 Å². The van der Waals surface area contributed by atoms with Crippen molar-refractivity contribution in [3.63, 3.8) is 0 Å². The maximum Gasteiger partial charge on any atom is 0.263 e. The van der Waals surface area contributed by atoms with Crippen molar-refractivity contribution in [1.29, 1.82) is 5.26 Å². The largest absolute Gasteiger partial charge is 0.280 e. The number of hydrogen-bond donors (Lipinski definition) is 1. The maximum atomic E-state index is 12.6. The van der Waals surface area contributed by atoms with Crippen LogP contribution in [-0.4, -0.2) is 8.42 Å². The maximum absolute atomic E-state index is 12.6. The second kappa shape index (κ2) is 8.13. The fourth-order valence-corrected chi connectivity index (χ4v) is 5.01. The molecular weight excluding hydrogens is 448 g/mol. The minimum atomic E-state index is -3.77. The van der Waals surface area contributed by atoms with Crippen LogP contribution in [0.5, 0.6) is 0 Å². The van der Waals surface area contributed by atoms with Gasteiger partial charge < -0.3 is 0 Å². The number of halogens is 2. The quantitative estimate of drug-likeness (QED) is 0.541.